The third-order valence-electron chi connectivity index (χ3n) is 10.5. The summed E-state index contributed by atoms with van der Waals surface area (Å²) in [5.74, 6) is 2.56. The van der Waals surface area contributed by atoms with Crippen molar-refractivity contribution in [3.05, 3.63) is 9.26 Å². The van der Waals surface area contributed by atoms with E-state index in [0.29, 0.717) is 23.8 Å². The minimum Gasteiger partial charge on any atom is -0.444 e. The number of hydrogen-bond acceptors (Lipinski definition) is 6. The quantitative estimate of drug-likeness (QED) is 0.421. The first-order valence-electron chi connectivity index (χ1n) is 15.7. The molecule has 2 amide bonds. The molecule has 0 unspecified atom stereocenters. The number of rotatable bonds is 4. The van der Waals surface area contributed by atoms with Gasteiger partial charge >= 0.3 is 6.09 Å². The van der Waals surface area contributed by atoms with Crippen molar-refractivity contribution in [3.63, 3.8) is 0 Å². The van der Waals surface area contributed by atoms with Crippen molar-refractivity contribution in [2.75, 3.05) is 51.2 Å². The molecule has 3 atom stereocenters. The van der Waals surface area contributed by atoms with Gasteiger partial charge in [0.2, 0.25) is 5.91 Å². The van der Waals surface area contributed by atoms with Crippen LogP contribution in [-0.4, -0.2) is 100.0 Å². The Hall–Kier alpha value is -1.56. The summed E-state index contributed by atoms with van der Waals surface area (Å²) in [6.07, 6.45) is 6.60. The molecule has 0 aromatic carbocycles. The molecule has 10 heteroatoms. The van der Waals surface area contributed by atoms with Crippen LogP contribution in [0.2, 0.25) is 0 Å². The lowest BCUT2D eigenvalue weighted by molar-refractivity contribution is -0.132. The number of amides is 2. The van der Waals surface area contributed by atoms with E-state index in [1.165, 1.54) is 22.1 Å². The fourth-order valence-corrected chi connectivity index (χ4v) is 9.23. The fourth-order valence-electron chi connectivity index (χ4n) is 8.59. The van der Waals surface area contributed by atoms with Gasteiger partial charge in [0, 0.05) is 56.6 Å². The van der Waals surface area contributed by atoms with Crippen molar-refractivity contribution in [3.8, 4) is 0 Å². The van der Waals surface area contributed by atoms with E-state index in [2.05, 4.69) is 57.8 Å². The van der Waals surface area contributed by atoms with Crippen LogP contribution in [0.15, 0.2) is 0 Å². The topological polar surface area (TPSA) is 74.2 Å². The minimum atomic E-state index is -0.452. The van der Waals surface area contributed by atoms with Crippen LogP contribution in [0.1, 0.15) is 84.9 Å². The van der Waals surface area contributed by atoms with E-state index in [0.717, 1.165) is 70.8 Å². The zero-order valence-electron chi connectivity index (χ0n) is 26.1. The molecule has 4 saturated heterocycles. The lowest BCUT2D eigenvalue weighted by Gasteiger charge is -2.58. The summed E-state index contributed by atoms with van der Waals surface area (Å²) in [5, 5.41) is 5.25. The highest BCUT2D eigenvalue weighted by atomic mass is 127. The Morgan fingerprint density at radius 2 is 1.83 bits per heavy atom. The van der Waals surface area contributed by atoms with E-state index in [1.807, 2.05) is 37.6 Å². The number of hydrogen-bond donors (Lipinski definition) is 0. The number of nitrogens with zero attached hydrogens (tertiary/aromatic N) is 6. The Morgan fingerprint density at radius 3 is 2.49 bits per heavy atom. The van der Waals surface area contributed by atoms with Crippen LogP contribution in [0.3, 0.4) is 0 Å². The Kier molecular flexibility index (Phi) is 7.39. The number of carbonyl (C=O) groups is 2. The third kappa shape index (κ3) is 5.38. The maximum absolute atomic E-state index is 12.9. The summed E-state index contributed by atoms with van der Waals surface area (Å²) in [5.41, 5.74) is 1.03. The predicted molar refractivity (Wildman–Crippen MR) is 168 cm³/mol. The highest BCUT2D eigenvalue weighted by molar-refractivity contribution is 14.1. The zero-order valence-corrected chi connectivity index (χ0v) is 28.2. The number of piperidine rings is 2. The van der Waals surface area contributed by atoms with Gasteiger partial charge in [-0.05, 0) is 115 Å². The summed E-state index contributed by atoms with van der Waals surface area (Å²) >= 11 is 2.50. The molecule has 5 aliphatic rings. The van der Waals surface area contributed by atoms with E-state index in [-0.39, 0.29) is 23.1 Å². The number of aromatic nitrogens is 2. The van der Waals surface area contributed by atoms with Crippen LogP contribution in [0.5, 0.6) is 0 Å². The van der Waals surface area contributed by atoms with Crippen molar-refractivity contribution in [1.29, 1.82) is 0 Å². The van der Waals surface area contributed by atoms with E-state index >= 15 is 0 Å². The van der Waals surface area contributed by atoms with Crippen LogP contribution in [0.25, 0.3) is 0 Å². The van der Waals surface area contributed by atoms with E-state index in [4.69, 9.17) is 9.84 Å². The monoisotopic (exact) mass is 680 g/mol. The number of likely N-dealkylation sites (N-methyl/N-ethyl adjacent to an activating group) is 1. The molecule has 41 heavy (non-hydrogen) atoms. The number of carbonyl (C=O) groups excluding carboxylic acids is 2. The number of likely N-dealkylation sites (tertiary alicyclic amines) is 3. The highest BCUT2D eigenvalue weighted by Crippen LogP contribution is 2.55. The second-order valence-corrected chi connectivity index (χ2v) is 16.5. The molecular weight excluding hydrogens is 631 g/mol. The van der Waals surface area contributed by atoms with Gasteiger partial charge in [-0.2, -0.15) is 5.10 Å². The summed E-state index contributed by atoms with van der Waals surface area (Å²) in [4.78, 5) is 34.2. The zero-order chi connectivity index (χ0) is 29.5. The molecule has 4 aliphatic heterocycles. The molecule has 228 valence electrons. The van der Waals surface area contributed by atoms with Crippen LogP contribution in [0.4, 0.5) is 10.6 Å². The lowest BCUT2D eigenvalue weighted by Crippen LogP contribution is -2.64. The van der Waals surface area contributed by atoms with Gasteiger partial charge in [-0.15, -0.1) is 0 Å². The average molecular weight is 681 g/mol. The van der Waals surface area contributed by atoms with Gasteiger partial charge in [-0.3, -0.25) is 14.4 Å². The Morgan fingerprint density at radius 1 is 1.12 bits per heavy atom. The van der Waals surface area contributed by atoms with Crippen LogP contribution in [0, 0.1) is 27.7 Å². The third-order valence-corrected chi connectivity index (χ3v) is 11.7. The van der Waals surface area contributed by atoms with E-state index in [9.17, 15) is 9.59 Å². The molecule has 1 aromatic rings. The standard InChI is InChI=1S/C31H49IN6O3/c1-20-24(32)26(33-38(20)23-14-31(15-23)18-36(19-31)28(40)41-29(2,3)4)37-12-10-21(13-30(37,5)6)16-35-11-8-9-22-17-34(7)27(39)25(22)35/h21-23,25H,8-19H2,1-7H3/t21-,22-,25-/m1/s1. The summed E-state index contributed by atoms with van der Waals surface area (Å²) in [7, 11) is 1.97. The Balaban J connectivity index is 1.07. The molecule has 1 aromatic heterocycles. The second kappa shape index (κ2) is 10.3. The Bertz CT molecular complexity index is 1190. The van der Waals surface area contributed by atoms with E-state index < -0.39 is 5.60 Å². The van der Waals surface area contributed by atoms with Crippen LogP contribution < -0.4 is 4.90 Å². The SMILES string of the molecule is Cc1c(I)c(N2CC[C@@H](CN3CCC[C@@H]4CN(C)C(=O)[C@@H]43)CC2(C)C)nn1C1CC2(C1)CN(C(=O)OC(C)(C)C)C2. The summed E-state index contributed by atoms with van der Waals surface area (Å²) < 4.78 is 9.10. The molecule has 6 rings (SSSR count). The van der Waals surface area contributed by atoms with Crippen molar-refractivity contribution >= 4 is 40.4 Å². The summed E-state index contributed by atoms with van der Waals surface area (Å²) in [6, 6.07) is 0.500. The average Bonchev–Trinajstić information content (AvgIpc) is 3.26. The molecule has 5 fully saturated rings. The molecule has 0 N–H and O–H groups in total. The first kappa shape index (κ1) is 29.5. The maximum Gasteiger partial charge on any atom is 0.410 e. The van der Waals surface area contributed by atoms with Crippen LogP contribution in [-0.2, 0) is 9.53 Å². The van der Waals surface area contributed by atoms with Gasteiger partial charge in [0.15, 0.2) is 5.82 Å². The first-order chi connectivity index (χ1) is 19.2. The molecule has 1 aliphatic carbocycles. The van der Waals surface area contributed by atoms with Crippen molar-refractivity contribution < 1.29 is 14.3 Å². The normalized spacial score (nSPS) is 29.9. The van der Waals surface area contributed by atoms with Gasteiger partial charge in [-0.25, -0.2) is 4.79 Å². The van der Waals surface area contributed by atoms with Gasteiger partial charge < -0.3 is 19.4 Å². The van der Waals surface area contributed by atoms with Crippen molar-refractivity contribution in [2.24, 2.45) is 17.3 Å². The van der Waals surface area contributed by atoms with Crippen molar-refractivity contribution in [1.82, 2.24) is 24.5 Å². The molecule has 5 heterocycles. The largest absolute Gasteiger partial charge is 0.444 e. The molecule has 0 radical (unpaired) electrons. The second-order valence-electron chi connectivity index (χ2n) is 15.4. The number of ether oxygens (including phenoxy) is 1. The lowest BCUT2D eigenvalue weighted by atomic mass is 9.61. The number of anilines is 1. The van der Waals surface area contributed by atoms with E-state index in [1.54, 1.807) is 0 Å². The van der Waals surface area contributed by atoms with Crippen LogP contribution >= 0.6 is 22.6 Å². The molecule has 1 spiro atoms. The van der Waals surface area contributed by atoms with Gasteiger partial charge in [0.25, 0.3) is 0 Å². The smallest absolute Gasteiger partial charge is 0.410 e. The van der Waals surface area contributed by atoms with Gasteiger partial charge in [0.1, 0.15) is 5.60 Å². The van der Waals surface area contributed by atoms with Gasteiger partial charge in [0.05, 0.1) is 21.3 Å². The Labute approximate surface area is 259 Å². The molecular formula is C31H49IN6O3. The molecule has 0 bridgehead atoms. The van der Waals surface area contributed by atoms with Gasteiger partial charge in [-0.1, -0.05) is 0 Å². The maximum atomic E-state index is 12.9. The molecule has 1 saturated carbocycles. The number of fused-ring (bicyclic) bond motifs is 1. The first-order valence-corrected chi connectivity index (χ1v) is 16.7. The summed E-state index contributed by atoms with van der Waals surface area (Å²) in [6.45, 7) is 18.3. The highest BCUT2D eigenvalue weighted by Gasteiger charge is 2.56. The predicted octanol–water partition coefficient (Wildman–Crippen LogP) is 4.92. The minimum absolute atomic E-state index is 0.00283. The number of halogens is 1. The fraction of sp³-hybridized carbons (Fsp3) is 0.839. The van der Waals surface area contributed by atoms with Crippen molar-refractivity contribution in [2.45, 2.75) is 103 Å². The molecule has 9 nitrogen and oxygen atoms in total.